The maximum Gasteiger partial charge on any atom is 0.327 e. The Balaban J connectivity index is 1.21. The molecule has 3 aromatic rings. The fourth-order valence-corrected chi connectivity index (χ4v) is 6.28. The summed E-state index contributed by atoms with van der Waals surface area (Å²) >= 11 is 1.61. The van der Waals surface area contributed by atoms with Crippen LogP contribution in [0.4, 0.5) is 11.4 Å². The molecule has 2 amide bonds. The maximum absolute atomic E-state index is 13.0. The van der Waals surface area contributed by atoms with Crippen molar-refractivity contribution in [2.24, 2.45) is 5.41 Å². The number of amides is 2. The quantitative estimate of drug-likeness (QED) is 0.351. The first-order chi connectivity index (χ1) is 17.2. The third-order valence-corrected chi connectivity index (χ3v) is 8.94. The lowest BCUT2D eigenvalue weighted by molar-refractivity contribution is -0.0212. The number of nitrogens with two attached hydrogens (primary N) is 1. The van der Waals surface area contributed by atoms with Crippen LogP contribution in [-0.2, 0) is 13.6 Å². The highest BCUT2D eigenvalue weighted by atomic mass is 32.1. The van der Waals surface area contributed by atoms with E-state index in [2.05, 4.69) is 5.32 Å². The molecule has 1 aromatic heterocycles. The number of thiophene rings is 1. The van der Waals surface area contributed by atoms with E-state index in [0.29, 0.717) is 48.8 Å². The average molecular weight is 526 g/mol. The Bertz CT molecular complexity index is 1300. The van der Waals surface area contributed by atoms with Crippen LogP contribution in [0.3, 0.4) is 0 Å². The number of benzene rings is 2. The number of carbonyl (C=O) groups is 2. The Labute approximate surface area is 213 Å². The molecule has 0 unspecified atom stereocenters. The molecule has 0 radical (unpaired) electrons. The molecule has 0 atom stereocenters. The van der Waals surface area contributed by atoms with Gasteiger partial charge in [0.2, 0.25) is 0 Å². The predicted octanol–water partition coefficient (Wildman–Crippen LogP) is 5.34. The molecule has 2 aliphatic heterocycles. The number of nitrogen functional groups attached to an aromatic ring is 1. The van der Waals surface area contributed by atoms with Crippen LogP contribution in [0.15, 0.2) is 60.0 Å². The number of likely N-dealkylation sites (tertiary alicyclic amines) is 1. The normalized spacial score (nSPS) is 18.6. The Kier molecular flexibility index (Phi) is 6.74. The van der Waals surface area contributed by atoms with Crippen molar-refractivity contribution in [1.29, 1.82) is 0 Å². The second-order valence-corrected chi connectivity index (χ2v) is 12.4. The van der Waals surface area contributed by atoms with Crippen molar-refractivity contribution >= 4 is 42.1 Å². The number of nitrogens with zero attached hydrogens (tertiary/aromatic N) is 1. The molecule has 2 fully saturated rings. The van der Waals surface area contributed by atoms with Crippen molar-refractivity contribution < 1.29 is 23.2 Å². The van der Waals surface area contributed by atoms with Gasteiger partial charge in [-0.3, -0.25) is 14.2 Å². The molecular weight excluding hydrogens is 497 g/mol. The lowest BCUT2D eigenvalue weighted by Crippen LogP contribution is -2.48. The Morgan fingerprint density at radius 3 is 2.33 bits per heavy atom. The van der Waals surface area contributed by atoms with E-state index in [4.69, 9.17) is 14.8 Å². The van der Waals surface area contributed by atoms with Gasteiger partial charge in [0.25, 0.3) is 11.8 Å². The van der Waals surface area contributed by atoms with Gasteiger partial charge >= 0.3 is 7.60 Å². The van der Waals surface area contributed by atoms with Gasteiger partial charge in [-0.15, -0.1) is 11.3 Å². The zero-order valence-electron chi connectivity index (χ0n) is 19.9. The highest BCUT2D eigenvalue weighted by Gasteiger charge is 2.42. The van der Waals surface area contributed by atoms with Crippen LogP contribution in [0.5, 0.6) is 0 Å². The van der Waals surface area contributed by atoms with Crippen LogP contribution in [0.2, 0.25) is 0 Å². The van der Waals surface area contributed by atoms with E-state index in [9.17, 15) is 14.2 Å². The number of nitrogens with one attached hydrogen (secondary N) is 1. The Morgan fingerprint density at radius 2 is 1.69 bits per heavy atom. The molecule has 0 bridgehead atoms. The molecule has 1 spiro atoms. The van der Waals surface area contributed by atoms with E-state index in [-0.39, 0.29) is 17.2 Å². The first-order valence-electron chi connectivity index (χ1n) is 11.7. The number of rotatable bonds is 4. The summed E-state index contributed by atoms with van der Waals surface area (Å²) in [6.07, 6.45) is 1.45. The van der Waals surface area contributed by atoms with E-state index in [1.165, 1.54) is 6.66 Å². The Hall–Kier alpha value is -2.97. The van der Waals surface area contributed by atoms with Crippen molar-refractivity contribution in [3.05, 3.63) is 71.1 Å². The van der Waals surface area contributed by atoms with Gasteiger partial charge in [0.1, 0.15) is 0 Å². The zero-order chi connectivity index (χ0) is 25.3. The molecule has 0 aliphatic carbocycles. The monoisotopic (exact) mass is 525 g/mol. The van der Waals surface area contributed by atoms with Gasteiger partial charge < -0.3 is 25.0 Å². The van der Waals surface area contributed by atoms with E-state index in [1.54, 1.807) is 46.6 Å². The van der Waals surface area contributed by atoms with Crippen molar-refractivity contribution in [2.45, 2.75) is 12.8 Å². The first-order valence-corrected chi connectivity index (χ1v) is 14.6. The topological polar surface area (TPSA) is 111 Å². The van der Waals surface area contributed by atoms with Gasteiger partial charge in [-0.2, -0.15) is 0 Å². The molecule has 188 valence electrons. The van der Waals surface area contributed by atoms with Gasteiger partial charge in [0.05, 0.1) is 24.6 Å². The minimum Gasteiger partial charge on any atom is -0.397 e. The number of carbonyl (C=O) groups excluding carboxylic acids is 2. The fourth-order valence-electron chi connectivity index (χ4n) is 4.46. The molecule has 2 saturated heterocycles. The molecule has 0 saturated carbocycles. The highest BCUT2D eigenvalue weighted by Crippen LogP contribution is 2.52. The smallest absolute Gasteiger partial charge is 0.327 e. The van der Waals surface area contributed by atoms with Gasteiger partial charge in [-0.05, 0) is 66.2 Å². The van der Waals surface area contributed by atoms with Gasteiger partial charge in [-0.1, -0.05) is 12.1 Å². The van der Waals surface area contributed by atoms with Gasteiger partial charge in [0.15, 0.2) is 0 Å². The lowest BCUT2D eigenvalue weighted by Gasteiger charge is -2.44. The molecule has 5 rings (SSSR count). The van der Waals surface area contributed by atoms with E-state index in [1.807, 2.05) is 29.6 Å². The van der Waals surface area contributed by atoms with Crippen molar-refractivity contribution in [2.75, 3.05) is 44.0 Å². The largest absolute Gasteiger partial charge is 0.397 e. The molecule has 2 aliphatic rings. The average Bonchev–Trinajstić information content (AvgIpc) is 3.43. The summed E-state index contributed by atoms with van der Waals surface area (Å²) in [6, 6.07) is 16.2. The van der Waals surface area contributed by atoms with Crippen LogP contribution >= 0.6 is 18.9 Å². The van der Waals surface area contributed by atoms with Crippen LogP contribution in [0.1, 0.15) is 33.6 Å². The minimum atomic E-state index is -2.93. The zero-order valence-corrected chi connectivity index (χ0v) is 21.6. The molecule has 8 nitrogen and oxygen atoms in total. The molecule has 10 heteroatoms. The molecule has 2 aromatic carbocycles. The van der Waals surface area contributed by atoms with Crippen LogP contribution in [0, 0.1) is 5.41 Å². The third-order valence-electron chi connectivity index (χ3n) is 6.82. The second-order valence-electron chi connectivity index (χ2n) is 9.42. The van der Waals surface area contributed by atoms with Crippen molar-refractivity contribution in [3.63, 3.8) is 0 Å². The number of hydrogen-bond acceptors (Lipinski definition) is 7. The van der Waals surface area contributed by atoms with E-state index in [0.717, 1.165) is 23.3 Å². The summed E-state index contributed by atoms with van der Waals surface area (Å²) in [6.45, 7) is 3.42. The van der Waals surface area contributed by atoms with Crippen LogP contribution in [-0.4, -0.2) is 49.7 Å². The second kappa shape index (κ2) is 9.82. The summed E-state index contributed by atoms with van der Waals surface area (Å²) in [5, 5.41) is 4.88. The molecule has 3 N–H and O–H groups in total. The third kappa shape index (κ3) is 5.25. The van der Waals surface area contributed by atoms with E-state index >= 15 is 0 Å². The molecule has 36 heavy (non-hydrogen) atoms. The first kappa shape index (κ1) is 24.7. The summed E-state index contributed by atoms with van der Waals surface area (Å²) in [4.78, 5) is 28.8. The van der Waals surface area contributed by atoms with E-state index < -0.39 is 7.60 Å². The standard InChI is InChI=1S/C26H28N3O5PS/c1-35(32)33-16-26(17-34-35)10-12-29(13-11-26)25(31)19-6-4-18(5-7-19)24(30)28-22-15-20(8-9-21(22)27)23-3-2-14-36-23/h2-9,14-15H,10-13,16-17,27H2,1H3,(H,28,30). The summed E-state index contributed by atoms with van der Waals surface area (Å²) in [7, 11) is -2.93. The molecule has 3 heterocycles. The summed E-state index contributed by atoms with van der Waals surface area (Å²) in [5.41, 5.74) is 8.87. The maximum atomic E-state index is 13.0. The van der Waals surface area contributed by atoms with Gasteiger partial charge in [0, 0.05) is 41.2 Å². The lowest BCUT2D eigenvalue weighted by atomic mass is 9.80. The Morgan fingerprint density at radius 1 is 1.03 bits per heavy atom. The summed E-state index contributed by atoms with van der Waals surface area (Å²) < 4.78 is 22.8. The number of piperidine rings is 1. The minimum absolute atomic E-state index is 0.0801. The van der Waals surface area contributed by atoms with Crippen LogP contribution < -0.4 is 11.1 Å². The number of hydrogen-bond donors (Lipinski definition) is 2. The van der Waals surface area contributed by atoms with Crippen molar-refractivity contribution in [1.82, 2.24) is 4.90 Å². The summed E-state index contributed by atoms with van der Waals surface area (Å²) in [5.74, 6) is -0.377. The fraction of sp³-hybridized carbons (Fsp3) is 0.308. The predicted molar refractivity (Wildman–Crippen MR) is 142 cm³/mol. The van der Waals surface area contributed by atoms with Crippen LogP contribution in [0.25, 0.3) is 10.4 Å². The highest BCUT2D eigenvalue weighted by molar-refractivity contribution is 7.53. The number of anilines is 2. The van der Waals surface area contributed by atoms with Gasteiger partial charge in [-0.25, -0.2) is 0 Å². The SMILES string of the molecule is CP1(=O)OCC2(CCN(C(=O)c3ccc(C(=O)Nc4cc(-c5cccs5)ccc4N)cc3)CC2)CO1. The molecular formula is C26H28N3O5PS. The van der Waals surface area contributed by atoms with Crippen molar-refractivity contribution in [3.8, 4) is 10.4 Å².